The molecule has 0 radical (unpaired) electrons. The molecule has 0 unspecified atom stereocenters. The molecule has 0 atom stereocenters. The zero-order chi connectivity index (χ0) is 14.4. The van der Waals surface area contributed by atoms with Gasteiger partial charge in [0.2, 0.25) is 11.9 Å². The lowest BCUT2D eigenvalue weighted by molar-refractivity contribution is 0.312. The first-order chi connectivity index (χ1) is 9.71. The Kier molecular flexibility index (Phi) is 5.05. The third kappa shape index (κ3) is 4.02. The highest BCUT2D eigenvalue weighted by molar-refractivity contribution is 7.11. The minimum atomic E-state index is 0.321. The fourth-order valence-electron chi connectivity index (χ4n) is 1.52. The van der Waals surface area contributed by atoms with Crippen LogP contribution in [0.5, 0.6) is 6.01 Å². The van der Waals surface area contributed by atoms with Crippen LogP contribution in [0.1, 0.15) is 23.7 Å². The summed E-state index contributed by atoms with van der Waals surface area (Å²) in [4.78, 5) is 18.0. The molecule has 0 amide bonds. The maximum Gasteiger partial charge on any atom is 0.323 e. The van der Waals surface area contributed by atoms with E-state index in [1.165, 1.54) is 0 Å². The van der Waals surface area contributed by atoms with Crippen LogP contribution in [0.4, 0.5) is 11.9 Å². The number of aromatic nitrogens is 4. The van der Waals surface area contributed by atoms with Gasteiger partial charge in [0.15, 0.2) is 0 Å². The van der Waals surface area contributed by atoms with Gasteiger partial charge in [-0.1, -0.05) is 0 Å². The van der Waals surface area contributed by atoms with Crippen LogP contribution >= 0.6 is 11.3 Å². The molecule has 0 fully saturated rings. The van der Waals surface area contributed by atoms with Crippen molar-refractivity contribution in [2.24, 2.45) is 0 Å². The molecule has 108 valence electrons. The number of thiazole rings is 1. The van der Waals surface area contributed by atoms with Crippen LogP contribution in [0.15, 0.2) is 6.20 Å². The number of rotatable bonds is 7. The molecule has 2 heterocycles. The lowest BCUT2D eigenvalue weighted by atomic mass is 10.5. The standard InChI is InChI=1S/C12H18N6OS/c1-4-13-10-16-11(18-12(17-10)19-5-2)15-7-9-6-14-8(3)20-9/h6H,4-5,7H2,1-3H3,(H2,13,15,16,17,18). The molecule has 2 N–H and O–H groups in total. The van der Waals surface area contributed by atoms with Crippen LogP contribution in [0.25, 0.3) is 0 Å². The van der Waals surface area contributed by atoms with Crippen molar-refractivity contribution in [3.63, 3.8) is 0 Å². The van der Waals surface area contributed by atoms with Gasteiger partial charge in [-0.05, 0) is 20.8 Å². The molecule has 2 aromatic rings. The number of nitrogens with one attached hydrogen (secondary N) is 2. The summed E-state index contributed by atoms with van der Waals surface area (Å²) in [7, 11) is 0. The van der Waals surface area contributed by atoms with Crippen LogP contribution < -0.4 is 15.4 Å². The molecule has 0 aliphatic rings. The zero-order valence-corrected chi connectivity index (χ0v) is 12.6. The summed E-state index contributed by atoms with van der Waals surface area (Å²) >= 11 is 1.64. The van der Waals surface area contributed by atoms with Crippen LogP contribution in [0.3, 0.4) is 0 Å². The van der Waals surface area contributed by atoms with Crippen molar-refractivity contribution in [3.8, 4) is 6.01 Å². The van der Waals surface area contributed by atoms with Crippen molar-refractivity contribution in [3.05, 3.63) is 16.1 Å². The molecule has 7 nitrogen and oxygen atoms in total. The Morgan fingerprint density at radius 3 is 2.50 bits per heavy atom. The zero-order valence-electron chi connectivity index (χ0n) is 11.8. The third-order valence-electron chi connectivity index (χ3n) is 2.31. The van der Waals surface area contributed by atoms with E-state index in [1.807, 2.05) is 27.0 Å². The van der Waals surface area contributed by atoms with Gasteiger partial charge in [-0.3, -0.25) is 0 Å². The first-order valence-electron chi connectivity index (χ1n) is 6.49. The summed E-state index contributed by atoms with van der Waals surface area (Å²) in [6.07, 6.45) is 1.85. The van der Waals surface area contributed by atoms with Gasteiger partial charge in [-0.2, -0.15) is 15.0 Å². The minimum Gasteiger partial charge on any atom is -0.464 e. The molecule has 2 aromatic heterocycles. The molecular formula is C12H18N6OS. The Balaban J connectivity index is 2.08. The van der Waals surface area contributed by atoms with E-state index in [4.69, 9.17) is 4.74 Å². The number of nitrogens with zero attached hydrogens (tertiary/aromatic N) is 4. The van der Waals surface area contributed by atoms with Crippen molar-refractivity contribution in [1.29, 1.82) is 0 Å². The van der Waals surface area contributed by atoms with E-state index >= 15 is 0 Å². The summed E-state index contributed by atoms with van der Waals surface area (Å²) in [6.45, 7) is 7.74. The predicted octanol–water partition coefficient (Wildman–Crippen LogP) is 2.08. The van der Waals surface area contributed by atoms with Gasteiger partial charge in [0.05, 0.1) is 18.2 Å². The second-order valence-electron chi connectivity index (χ2n) is 3.93. The van der Waals surface area contributed by atoms with Gasteiger partial charge in [0.1, 0.15) is 0 Å². The van der Waals surface area contributed by atoms with Crippen molar-refractivity contribution < 1.29 is 4.74 Å². The molecule has 0 aromatic carbocycles. The molecule has 0 aliphatic carbocycles. The van der Waals surface area contributed by atoms with Crippen molar-refractivity contribution in [2.45, 2.75) is 27.3 Å². The van der Waals surface area contributed by atoms with Crippen molar-refractivity contribution in [2.75, 3.05) is 23.8 Å². The molecule has 0 saturated carbocycles. The van der Waals surface area contributed by atoms with Crippen LogP contribution in [-0.2, 0) is 6.54 Å². The van der Waals surface area contributed by atoms with Crippen LogP contribution in [0.2, 0.25) is 0 Å². The van der Waals surface area contributed by atoms with E-state index in [9.17, 15) is 0 Å². The lowest BCUT2D eigenvalue weighted by Gasteiger charge is -2.08. The number of anilines is 2. The van der Waals surface area contributed by atoms with Crippen molar-refractivity contribution in [1.82, 2.24) is 19.9 Å². The Morgan fingerprint density at radius 2 is 1.90 bits per heavy atom. The molecule has 0 saturated heterocycles. The average molecular weight is 294 g/mol. The van der Waals surface area contributed by atoms with Crippen LogP contribution in [0, 0.1) is 6.92 Å². The van der Waals surface area contributed by atoms with E-state index in [0.717, 1.165) is 16.4 Å². The SMILES string of the molecule is CCNc1nc(NCc2cnc(C)s2)nc(OCC)n1. The fourth-order valence-corrected chi connectivity index (χ4v) is 2.25. The maximum atomic E-state index is 5.34. The van der Waals surface area contributed by atoms with Crippen molar-refractivity contribution >= 4 is 23.2 Å². The summed E-state index contributed by atoms with van der Waals surface area (Å²) < 4.78 is 5.34. The summed E-state index contributed by atoms with van der Waals surface area (Å²) in [5, 5.41) is 7.26. The first kappa shape index (κ1) is 14.4. The molecule has 20 heavy (non-hydrogen) atoms. The van der Waals surface area contributed by atoms with E-state index < -0.39 is 0 Å². The molecule has 0 bridgehead atoms. The largest absolute Gasteiger partial charge is 0.464 e. The van der Waals surface area contributed by atoms with Gasteiger partial charge in [0, 0.05) is 17.6 Å². The molecule has 2 rings (SSSR count). The monoisotopic (exact) mass is 294 g/mol. The normalized spacial score (nSPS) is 10.3. The second-order valence-corrected chi connectivity index (χ2v) is 5.25. The minimum absolute atomic E-state index is 0.321. The van der Waals surface area contributed by atoms with Gasteiger partial charge in [-0.15, -0.1) is 11.3 Å². The summed E-state index contributed by atoms with van der Waals surface area (Å²) in [5.41, 5.74) is 0. The van der Waals surface area contributed by atoms with E-state index in [1.54, 1.807) is 11.3 Å². The number of ether oxygens (including phenoxy) is 1. The van der Waals surface area contributed by atoms with Crippen LogP contribution in [-0.4, -0.2) is 33.1 Å². The highest BCUT2D eigenvalue weighted by Gasteiger charge is 2.07. The Hall–Kier alpha value is -1.96. The fraction of sp³-hybridized carbons (Fsp3) is 0.500. The third-order valence-corrected chi connectivity index (χ3v) is 3.23. The van der Waals surface area contributed by atoms with E-state index in [2.05, 4.69) is 30.6 Å². The Labute approximate surface area is 121 Å². The van der Waals surface area contributed by atoms with E-state index in [-0.39, 0.29) is 0 Å². The summed E-state index contributed by atoms with van der Waals surface area (Å²) in [6, 6.07) is 0.321. The van der Waals surface area contributed by atoms with Gasteiger partial charge >= 0.3 is 6.01 Å². The summed E-state index contributed by atoms with van der Waals surface area (Å²) in [5.74, 6) is 0.999. The smallest absolute Gasteiger partial charge is 0.323 e. The highest BCUT2D eigenvalue weighted by Crippen LogP contribution is 2.15. The average Bonchev–Trinajstić information content (AvgIpc) is 2.83. The van der Waals surface area contributed by atoms with Gasteiger partial charge in [0.25, 0.3) is 0 Å². The quantitative estimate of drug-likeness (QED) is 0.808. The number of aryl methyl sites for hydroxylation is 1. The first-order valence-corrected chi connectivity index (χ1v) is 7.30. The highest BCUT2D eigenvalue weighted by atomic mass is 32.1. The van der Waals surface area contributed by atoms with Gasteiger partial charge in [-0.25, -0.2) is 4.98 Å². The van der Waals surface area contributed by atoms with Gasteiger partial charge < -0.3 is 15.4 Å². The number of hydrogen-bond donors (Lipinski definition) is 2. The Bertz CT molecular complexity index is 534. The Morgan fingerprint density at radius 1 is 1.15 bits per heavy atom. The second kappa shape index (κ2) is 6.99. The predicted molar refractivity (Wildman–Crippen MR) is 79.3 cm³/mol. The molecule has 8 heteroatoms. The lowest BCUT2D eigenvalue weighted by Crippen LogP contribution is -2.10. The molecular weight excluding hydrogens is 276 g/mol. The molecule has 0 spiro atoms. The molecule has 0 aliphatic heterocycles. The maximum absolute atomic E-state index is 5.34. The topological polar surface area (TPSA) is 84.9 Å². The number of hydrogen-bond acceptors (Lipinski definition) is 8. The van der Waals surface area contributed by atoms with E-state index in [0.29, 0.717) is 31.1 Å².